The number of aliphatic hydroxyl groups is 1. The Bertz CT molecular complexity index is 1100. The lowest BCUT2D eigenvalue weighted by molar-refractivity contribution is -0.132. The first-order chi connectivity index (χ1) is 14.2. The Morgan fingerprint density at radius 2 is 1.38 bits per heavy atom. The maximum Gasteiger partial charge on any atom is 0.338 e. The van der Waals surface area contributed by atoms with Crippen molar-refractivity contribution in [2.75, 3.05) is 4.90 Å². The van der Waals surface area contributed by atoms with Crippen LogP contribution < -0.4 is 4.90 Å². The van der Waals surface area contributed by atoms with Gasteiger partial charge in [-0.2, -0.15) is 0 Å². The second-order valence-corrected chi connectivity index (χ2v) is 7.07. The molecule has 3 aromatic carbocycles. The second kappa shape index (κ2) is 7.08. The fourth-order valence-corrected chi connectivity index (χ4v) is 4.10. The van der Waals surface area contributed by atoms with Crippen LogP contribution in [0.2, 0.25) is 0 Å². The van der Waals surface area contributed by atoms with E-state index in [4.69, 9.17) is 4.74 Å². The van der Waals surface area contributed by atoms with Crippen molar-refractivity contribution in [1.82, 2.24) is 0 Å². The van der Waals surface area contributed by atoms with Crippen molar-refractivity contribution in [1.29, 1.82) is 0 Å². The van der Waals surface area contributed by atoms with Crippen molar-refractivity contribution in [2.24, 2.45) is 0 Å². The zero-order valence-electron chi connectivity index (χ0n) is 15.6. The Kier molecular flexibility index (Phi) is 4.26. The van der Waals surface area contributed by atoms with Gasteiger partial charge in [0.25, 0.3) is 0 Å². The fraction of sp³-hybridized carbons (Fsp3) is 0.0800. The van der Waals surface area contributed by atoms with Gasteiger partial charge < -0.3 is 14.7 Å². The number of carbonyl (C=O) groups excluding carboxylic acids is 1. The predicted octanol–water partition coefficient (Wildman–Crippen LogP) is 4.46. The van der Waals surface area contributed by atoms with Gasteiger partial charge in [0, 0.05) is 11.3 Å². The smallest absolute Gasteiger partial charge is 0.338 e. The van der Waals surface area contributed by atoms with E-state index in [0.717, 1.165) is 16.8 Å². The Hall–Kier alpha value is -3.63. The molecule has 0 bridgehead atoms. The third-order valence-corrected chi connectivity index (χ3v) is 5.33. The second-order valence-electron chi connectivity index (χ2n) is 7.07. The van der Waals surface area contributed by atoms with E-state index >= 15 is 0 Å². The summed E-state index contributed by atoms with van der Waals surface area (Å²) in [6.45, 7) is 0. The van der Waals surface area contributed by atoms with Gasteiger partial charge in [-0.25, -0.2) is 4.79 Å². The normalized spacial score (nSPS) is 20.9. The summed E-state index contributed by atoms with van der Waals surface area (Å²) < 4.78 is 5.59. The van der Waals surface area contributed by atoms with Gasteiger partial charge in [0.05, 0.1) is 17.8 Å². The van der Waals surface area contributed by atoms with Crippen LogP contribution in [0.3, 0.4) is 0 Å². The number of esters is 1. The number of nitrogens with zero attached hydrogens (tertiary/aromatic N) is 1. The highest BCUT2D eigenvalue weighted by Crippen LogP contribution is 2.48. The van der Waals surface area contributed by atoms with Crippen molar-refractivity contribution in [3.05, 3.63) is 120 Å². The molecule has 2 aliphatic rings. The molecule has 0 radical (unpaired) electrons. The van der Waals surface area contributed by atoms with Gasteiger partial charge >= 0.3 is 5.97 Å². The SMILES string of the molecule is O=C1C=C2C(=C(c3ccccc3)[C@@H](O)[C@H](c3ccccc3)N2c2ccccc2)O1. The number of ether oxygens (including phenoxy) is 1. The minimum Gasteiger partial charge on any atom is -0.421 e. The highest BCUT2D eigenvalue weighted by Gasteiger charge is 2.44. The van der Waals surface area contributed by atoms with Gasteiger partial charge in [-0.15, -0.1) is 0 Å². The first kappa shape index (κ1) is 17.5. The number of carbonyl (C=O) groups is 1. The first-order valence-electron chi connectivity index (χ1n) is 9.55. The van der Waals surface area contributed by atoms with E-state index in [2.05, 4.69) is 0 Å². The Labute approximate surface area is 169 Å². The van der Waals surface area contributed by atoms with Crippen LogP contribution in [0.1, 0.15) is 17.2 Å². The van der Waals surface area contributed by atoms with Gasteiger partial charge in [-0.1, -0.05) is 78.9 Å². The maximum atomic E-state index is 12.3. The monoisotopic (exact) mass is 381 g/mol. The Balaban J connectivity index is 1.77. The summed E-state index contributed by atoms with van der Waals surface area (Å²) in [5, 5.41) is 11.6. The Morgan fingerprint density at radius 1 is 0.793 bits per heavy atom. The summed E-state index contributed by atoms with van der Waals surface area (Å²) in [5.74, 6) is -0.00462. The molecular formula is C25H19NO3. The lowest BCUT2D eigenvalue weighted by Gasteiger charge is -2.42. The summed E-state index contributed by atoms with van der Waals surface area (Å²) in [6, 6.07) is 28.8. The quantitative estimate of drug-likeness (QED) is 0.681. The van der Waals surface area contributed by atoms with Crippen molar-refractivity contribution in [3.63, 3.8) is 0 Å². The van der Waals surface area contributed by atoms with Gasteiger partial charge in [0.15, 0.2) is 5.76 Å². The molecule has 2 aliphatic heterocycles. The van der Waals surface area contributed by atoms with E-state index in [-0.39, 0.29) is 0 Å². The van der Waals surface area contributed by atoms with Crippen LogP contribution in [0.4, 0.5) is 5.69 Å². The van der Waals surface area contributed by atoms with Crippen molar-refractivity contribution in [2.45, 2.75) is 12.1 Å². The molecule has 5 rings (SSSR count). The lowest BCUT2D eigenvalue weighted by atomic mass is 9.85. The number of hydrogen-bond acceptors (Lipinski definition) is 4. The third kappa shape index (κ3) is 2.94. The summed E-state index contributed by atoms with van der Waals surface area (Å²) in [6.07, 6.45) is 0.616. The predicted molar refractivity (Wildman–Crippen MR) is 112 cm³/mol. The standard InChI is InChI=1S/C25H19NO3/c27-21-16-20-25(29-21)22(17-10-4-1-5-11-17)24(28)23(18-12-6-2-7-13-18)26(20)19-14-8-3-9-15-19/h1-16,23-24,28H/t23-,24+/m0/s1. The zero-order valence-corrected chi connectivity index (χ0v) is 15.6. The van der Waals surface area contributed by atoms with Crippen molar-refractivity contribution >= 4 is 17.2 Å². The molecule has 2 heterocycles. The average molecular weight is 381 g/mol. The van der Waals surface area contributed by atoms with E-state index in [1.54, 1.807) is 0 Å². The molecule has 29 heavy (non-hydrogen) atoms. The van der Waals surface area contributed by atoms with Crippen LogP contribution in [0.5, 0.6) is 0 Å². The van der Waals surface area contributed by atoms with Crippen LogP contribution in [0, 0.1) is 0 Å². The number of anilines is 1. The molecule has 0 amide bonds. The van der Waals surface area contributed by atoms with E-state index in [1.807, 2.05) is 95.9 Å². The van der Waals surface area contributed by atoms with Crippen molar-refractivity contribution in [3.8, 4) is 0 Å². The molecule has 0 fully saturated rings. The van der Waals surface area contributed by atoms with E-state index in [9.17, 15) is 9.90 Å². The van der Waals surface area contributed by atoms with E-state index < -0.39 is 18.1 Å². The molecule has 142 valence electrons. The molecule has 2 atom stereocenters. The molecule has 0 aliphatic carbocycles. The van der Waals surface area contributed by atoms with Crippen molar-refractivity contribution < 1.29 is 14.6 Å². The number of para-hydroxylation sites is 1. The highest BCUT2D eigenvalue weighted by molar-refractivity contribution is 5.95. The molecule has 4 nitrogen and oxygen atoms in total. The maximum absolute atomic E-state index is 12.3. The number of benzene rings is 3. The van der Waals surface area contributed by atoms with Gasteiger partial charge in [-0.05, 0) is 23.3 Å². The van der Waals surface area contributed by atoms with Gasteiger partial charge in [-0.3, -0.25) is 0 Å². The third-order valence-electron chi connectivity index (χ3n) is 5.33. The summed E-state index contributed by atoms with van der Waals surface area (Å²) in [5.41, 5.74) is 3.97. The molecular weight excluding hydrogens is 362 g/mol. The molecule has 0 spiro atoms. The van der Waals surface area contributed by atoms with Crippen LogP contribution in [-0.4, -0.2) is 17.2 Å². The van der Waals surface area contributed by atoms with E-state index in [1.165, 1.54) is 6.08 Å². The van der Waals surface area contributed by atoms with Gasteiger partial charge in [0.2, 0.25) is 0 Å². The van der Waals surface area contributed by atoms with Crippen LogP contribution in [0.25, 0.3) is 5.57 Å². The van der Waals surface area contributed by atoms with E-state index in [0.29, 0.717) is 17.0 Å². The number of fused-ring (bicyclic) bond motifs is 1. The average Bonchev–Trinajstić information content (AvgIpc) is 3.15. The molecule has 0 saturated carbocycles. The minimum absolute atomic E-state index is 0.404. The number of hydrogen-bond donors (Lipinski definition) is 1. The largest absolute Gasteiger partial charge is 0.421 e. The molecule has 4 heteroatoms. The van der Waals surface area contributed by atoms with Crippen LogP contribution >= 0.6 is 0 Å². The molecule has 0 saturated heterocycles. The molecule has 1 N–H and O–H groups in total. The zero-order chi connectivity index (χ0) is 19.8. The molecule has 0 aromatic heterocycles. The minimum atomic E-state index is -0.891. The van der Waals surface area contributed by atoms with Gasteiger partial charge in [0.1, 0.15) is 6.10 Å². The van der Waals surface area contributed by atoms with Crippen LogP contribution in [-0.2, 0) is 9.53 Å². The molecule has 0 unspecified atom stereocenters. The Morgan fingerprint density at radius 3 is 2.03 bits per heavy atom. The lowest BCUT2D eigenvalue weighted by Crippen LogP contribution is -2.41. The summed E-state index contributed by atoms with van der Waals surface area (Å²) in [4.78, 5) is 14.3. The number of aliphatic hydroxyl groups excluding tert-OH is 1. The summed E-state index contributed by atoms with van der Waals surface area (Å²) >= 11 is 0. The topological polar surface area (TPSA) is 49.8 Å². The summed E-state index contributed by atoms with van der Waals surface area (Å²) in [7, 11) is 0. The van der Waals surface area contributed by atoms with Crippen LogP contribution in [0.15, 0.2) is 109 Å². The fourth-order valence-electron chi connectivity index (χ4n) is 4.10. The first-order valence-corrected chi connectivity index (χ1v) is 9.55. The highest BCUT2D eigenvalue weighted by atomic mass is 16.5. The number of rotatable bonds is 3. The molecule has 3 aromatic rings.